The molecule has 0 aliphatic rings. The molecule has 0 saturated heterocycles. The molecule has 10 heteroatoms. The van der Waals surface area contributed by atoms with Crippen molar-refractivity contribution in [3.63, 3.8) is 0 Å². The summed E-state index contributed by atoms with van der Waals surface area (Å²) in [6, 6.07) is 11.2. The molecule has 162 valence electrons. The van der Waals surface area contributed by atoms with Gasteiger partial charge in [0.25, 0.3) is 0 Å². The number of benzene rings is 2. The Kier molecular flexibility index (Phi) is 6.03. The van der Waals surface area contributed by atoms with Crippen molar-refractivity contribution >= 4 is 26.3 Å². The fourth-order valence-corrected chi connectivity index (χ4v) is 5.25. The third kappa shape index (κ3) is 4.60. The van der Waals surface area contributed by atoms with Crippen LogP contribution in [-0.4, -0.2) is 36.2 Å². The minimum atomic E-state index is -3.74. The summed E-state index contributed by atoms with van der Waals surface area (Å²) in [5.41, 5.74) is 2.23. The zero-order valence-corrected chi connectivity index (χ0v) is 18.6. The summed E-state index contributed by atoms with van der Waals surface area (Å²) < 4.78 is 48.9. The van der Waals surface area contributed by atoms with Crippen molar-refractivity contribution < 1.29 is 17.5 Å². The van der Waals surface area contributed by atoms with Gasteiger partial charge in [-0.3, -0.25) is 0 Å². The molecular formula is C21H21FN4O3S2. The fraction of sp³-hybridized carbons (Fsp3) is 0.238. The van der Waals surface area contributed by atoms with Crippen molar-refractivity contribution in [3.8, 4) is 17.1 Å². The summed E-state index contributed by atoms with van der Waals surface area (Å²) in [5, 5.41) is 6.35. The SMILES string of the molecule is CCOc1ccc(C)cc1S(=O)(=O)NCCc1csc2nc(-c3cccc(F)c3)nn12. The lowest BCUT2D eigenvalue weighted by atomic mass is 10.2. The van der Waals surface area contributed by atoms with Gasteiger partial charge in [-0.15, -0.1) is 16.4 Å². The lowest BCUT2D eigenvalue weighted by Crippen LogP contribution is -2.27. The first kappa shape index (κ1) is 21.4. The highest BCUT2D eigenvalue weighted by Gasteiger charge is 2.20. The second-order valence-electron chi connectivity index (χ2n) is 6.90. The molecule has 4 aromatic rings. The topological polar surface area (TPSA) is 85.6 Å². The molecule has 2 aromatic carbocycles. The van der Waals surface area contributed by atoms with Crippen LogP contribution < -0.4 is 9.46 Å². The van der Waals surface area contributed by atoms with Gasteiger partial charge in [0, 0.05) is 23.9 Å². The molecule has 0 atom stereocenters. The van der Waals surface area contributed by atoms with Crippen LogP contribution >= 0.6 is 11.3 Å². The molecule has 0 aliphatic carbocycles. The molecular weight excluding hydrogens is 439 g/mol. The van der Waals surface area contributed by atoms with E-state index in [1.54, 1.807) is 28.8 Å². The molecule has 0 amide bonds. The number of nitrogens with one attached hydrogen (secondary N) is 1. The third-order valence-corrected chi connectivity index (χ3v) is 6.94. The van der Waals surface area contributed by atoms with Crippen LogP contribution in [0.3, 0.4) is 0 Å². The van der Waals surface area contributed by atoms with Crippen molar-refractivity contribution in [1.82, 2.24) is 19.3 Å². The number of aryl methyl sites for hydroxylation is 1. The number of hydrogen-bond donors (Lipinski definition) is 1. The maximum atomic E-state index is 13.5. The Hall–Kier alpha value is -2.82. The van der Waals surface area contributed by atoms with Crippen LogP contribution in [0.2, 0.25) is 0 Å². The Bertz CT molecular complexity index is 1330. The van der Waals surface area contributed by atoms with E-state index in [1.165, 1.54) is 23.5 Å². The highest BCUT2D eigenvalue weighted by atomic mass is 32.2. The van der Waals surface area contributed by atoms with Crippen LogP contribution in [0.15, 0.2) is 52.7 Å². The maximum Gasteiger partial charge on any atom is 0.244 e. The van der Waals surface area contributed by atoms with Gasteiger partial charge in [0.1, 0.15) is 16.5 Å². The van der Waals surface area contributed by atoms with Crippen LogP contribution in [0, 0.1) is 12.7 Å². The van der Waals surface area contributed by atoms with Crippen LogP contribution in [0.25, 0.3) is 16.3 Å². The van der Waals surface area contributed by atoms with Gasteiger partial charge in [0.05, 0.1) is 12.3 Å². The van der Waals surface area contributed by atoms with E-state index in [-0.39, 0.29) is 17.3 Å². The molecule has 1 N–H and O–H groups in total. The number of nitrogens with zero attached hydrogens (tertiary/aromatic N) is 3. The largest absolute Gasteiger partial charge is 0.492 e. The van der Waals surface area contributed by atoms with Crippen molar-refractivity contribution in [2.75, 3.05) is 13.2 Å². The molecule has 0 bridgehead atoms. The predicted molar refractivity (Wildman–Crippen MR) is 117 cm³/mol. The lowest BCUT2D eigenvalue weighted by Gasteiger charge is -2.12. The molecule has 31 heavy (non-hydrogen) atoms. The monoisotopic (exact) mass is 460 g/mol. The predicted octanol–water partition coefficient (Wildman–Crippen LogP) is 3.83. The van der Waals surface area contributed by atoms with E-state index in [1.807, 2.05) is 25.3 Å². The summed E-state index contributed by atoms with van der Waals surface area (Å²) in [6.07, 6.45) is 0.418. The first-order valence-corrected chi connectivity index (χ1v) is 12.1. The first-order valence-electron chi connectivity index (χ1n) is 9.69. The van der Waals surface area contributed by atoms with Crippen LogP contribution in [0.5, 0.6) is 5.75 Å². The number of hydrogen-bond acceptors (Lipinski definition) is 6. The Labute approximate surface area is 183 Å². The van der Waals surface area contributed by atoms with Crippen molar-refractivity contribution in [1.29, 1.82) is 0 Å². The molecule has 0 fully saturated rings. The number of aromatic nitrogens is 3. The minimum absolute atomic E-state index is 0.124. The molecule has 2 heterocycles. The van der Waals surface area contributed by atoms with Crippen molar-refractivity contribution in [2.45, 2.75) is 25.2 Å². The van der Waals surface area contributed by atoms with Gasteiger partial charge in [0.15, 0.2) is 5.82 Å². The van der Waals surface area contributed by atoms with Gasteiger partial charge < -0.3 is 4.74 Å². The zero-order chi connectivity index (χ0) is 22.0. The van der Waals surface area contributed by atoms with Crippen LogP contribution in [-0.2, 0) is 16.4 Å². The molecule has 4 rings (SSSR count). The van der Waals surface area contributed by atoms with Gasteiger partial charge in [0.2, 0.25) is 15.0 Å². The van der Waals surface area contributed by atoms with Gasteiger partial charge >= 0.3 is 0 Å². The number of sulfonamides is 1. The fourth-order valence-electron chi connectivity index (χ4n) is 3.14. The van der Waals surface area contributed by atoms with Crippen molar-refractivity contribution in [3.05, 3.63) is 64.9 Å². The third-order valence-electron chi connectivity index (χ3n) is 4.59. The Balaban J connectivity index is 1.50. The van der Waals surface area contributed by atoms with E-state index in [9.17, 15) is 12.8 Å². The Morgan fingerprint density at radius 1 is 1.23 bits per heavy atom. The summed E-state index contributed by atoms with van der Waals surface area (Å²) in [6.45, 7) is 4.20. The van der Waals surface area contributed by atoms with E-state index in [0.717, 1.165) is 11.3 Å². The Morgan fingerprint density at radius 2 is 2.06 bits per heavy atom. The standard InChI is InChI=1S/C21H21FN4O3S2/c1-3-29-18-8-7-14(2)11-19(18)31(27,28)23-10-9-17-13-30-21-24-20(25-26(17)21)15-5-4-6-16(22)12-15/h4-8,11-13,23H,3,9-10H2,1-2H3. The van der Waals surface area contributed by atoms with E-state index in [0.29, 0.717) is 35.1 Å². The average Bonchev–Trinajstić information content (AvgIpc) is 3.31. The average molecular weight is 461 g/mol. The van der Waals surface area contributed by atoms with Gasteiger partial charge in [-0.25, -0.2) is 22.0 Å². The summed E-state index contributed by atoms with van der Waals surface area (Å²) in [5.74, 6) is 0.400. The van der Waals surface area contributed by atoms with Gasteiger partial charge in [-0.1, -0.05) is 18.2 Å². The number of thiazole rings is 1. The molecule has 2 aromatic heterocycles. The lowest BCUT2D eigenvalue weighted by molar-refractivity contribution is 0.331. The smallest absolute Gasteiger partial charge is 0.244 e. The number of halogens is 1. The van der Waals surface area contributed by atoms with Gasteiger partial charge in [-0.2, -0.15) is 4.98 Å². The highest BCUT2D eigenvalue weighted by molar-refractivity contribution is 7.89. The highest BCUT2D eigenvalue weighted by Crippen LogP contribution is 2.25. The maximum absolute atomic E-state index is 13.5. The summed E-state index contributed by atoms with van der Waals surface area (Å²) >= 11 is 1.40. The number of fused-ring (bicyclic) bond motifs is 1. The van der Waals surface area contributed by atoms with E-state index in [4.69, 9.17) is 4.74 Å². The normalized spacial score (nSPS) is 11.8. The van der Waals surface area contributed by atoms with Crippen LogP contribution in [0.1, 0.15) is 18.2 Å². The molecule has 0 aliphatic heterocycles. The molecule has 0 spiro atoms. The summed E-state index contributed by atoms with van der Waals surface area (Å²) in [4.78, 5) is 5.22. The number of ether oxygens (including phenoxy) is 1. The molecule has 0 saturated carbocycles. The van der Waals surface area contributed by atoms with E-state index in [2.05, 4.69) is 14.8 Å². The zero-order valence-electron chi connectivity index (χ0n) is 17.0. The van der Waals surface area contributed by atoms with Crippen LogP contribution in [0.4, 0.5) is 4.39 Å². The molecule has 7 nitrogen and oxygen atoms in total. The first-order chi connectivity index (χ1) is 14.9. The second-order valence-corrected chi connectivity index (χ2v) is 9.47. The molecule has 0 radical (unpaired) electrons. The van der Waals surface area contributed by atoms with E-state index < -0.39 is 10.0 Å². The number of rotatable bonds is 8. The summed E-state index contributed by atoms with van der Waals surface area (Å²) in [7, 11) is -3.74. The molecule has 0 unspecified atom stereocenters. The van der Waals surface area contributed by atoms with Gasteiger partial charge in [-0.05, 0) is 43.7 Å². The van der Waals surface area contributed by atoms with E-state index >= 15 is 0 Å². The van der Waals surface area contributed by atoms with Crippen molar-refractivity contribution in [2.24, 2.45) is 0 Å². The second kappa shape index (κ2) is 8.74. The quantitative estimate of drug-likeness (QED) is 0.432. The Morgan fingerprint density at radius 3 is 2.84 bits per heavy atom. The minimum Gasteiger partial charge on any atom is -0.492 e.